The summed E-state index contributed by atoms with van der Waals surface area (Å²) >= 11 is 0. The van der Waals surface area contributed by atoms with E-state index < -0.39 is 0 Å². The Hall–Kier alpha value is -3.21. The third kappa shape index (κ3) is 4.66. The molecule has 0 spiro atoms. The van der Waals surface area contributed by atoms with Crippen LogP contribution in [0.15, 0.2) is 60.7 Å². The molecule has 0 aliphatic heterocycles. The summed E-state index contributed by atoms with van der Waals surface area (Å²) in [5.41, 5.74) is 4.60. The highest BCUT2D eigenvalue weighted by Crippen LogP contribution is 2.16. The van der Waals surface area contributed by atoms with Gasteiger partial charge in [0.05, 0.1) is 12.2 Å². The van der Waals surface area contributed by atoms with Crippen LogP contribution in [0.3, 0.4) is 0 Å². The van der Waals surface area contributed by atoms with Gasteiger partial charge in [-0.2, -0.15) is 0 Å². The Labute approximate surface area is 153 Å². The standard InChI is InChI=1S/C21H21N3O2/c1-15-12-16(2)14-18(13-15)21(25)22-10-11-26-20-9-8-19(23-24-20)17-6-4-3-5-7-17/h3-9,12-14H,10-11H2,1-2H3,(H,22,25). The lowest BCUT2D eigenvalue weighted by molar-refractivity contribution is 0.0946. The molecule has 0 aliphatic rings. The quantitative estimate of drug-likeness (QED) is 0.693. The fourth-order valence-corrected chi connectivity index (χ4v) is 2.69. The van der Waals surface area contributed by atoms with E-state index in [1.54, 1.807) is 6.07 Å². The van der Waals surface area contributed by atoms with Crippen LogP contribution >= 0.6 is 0 Å². The molecule has 26 heavy (non-hydrogen) atoms. The van der Waals surface area contributed by atoms with Crippen molar-refractivity contribution in [2.24, 2.45) is 0 Å². The normalized spacial score (nSPS) is 10.4. The summed E-state index contributed by atoms with van der Waals surface area (Å²) in [7, 11) is 0. The average molecular weight is 347 g/mol. The minimum Gasteiger partial charge on any atom is -0.475 e. The molecule has 0 radical (unpaired) electrons. The van der Waals surface area contributed by atoms with Crippen LogP contribution in [0.25, 0.3) is 11.3 Å². The summed E-state index contributed by atoms with van der Waals surface area (Å²) in [5.74, 6) is 0.330. The third-order valence-electron chi connectivity index (χ3n) is 3.83. The van der Waals surface area contributed by atoms with Crippen molar-refractivity contribution < 1.29 is 9.53 Å². The fourth-order valence-electron chi connectivity index (χ4n) is 2.69. The monoisotopic (exact) mass is 347 g/mol. The second kappa shape index (κ2) is 8.25. The van der Waals surface area contributed by atoms with Crippen LogP contribution in [0, 0.1) is 13.8 Å². The van der Waals surface area contributed by atoms with Gasteiger partial charge in [0.15, 0.2) is 0 Å². The summed E-state index contributed by atoms with van der Waals surface area (Å²) in [6.45, 7) is 4.68. The summed E-state index contributed by atoms with van der Waals surface area (Å²) in [6.07, 6.45) is 0. The van der Waals surface area contributed by atoms with Crippen LogP contribution in [-0.4, -0.2) is 29.3 Å². The third-order valence-corrected chi connectivity index (χ3v) is 3.83. The minimum atomic E-state index is -0.106. The first kappa shape index (κ1) is 17.6. The molecular formula is C21H21N3O2. The number of aromatic nitrogens is 2. The van der Waals surface area contributed by atoms with E-state index in [2.05, 4.69) is 15.5 Å². The molecule has 0 saturated heterocycles. The van der Waals surface area contributed by atoms with Crippen LogP contribution in [-0.2, 0) is 0 Å². The summed E-state index contributed by atoms with van der Waals surface area (Å²) in [6, 6.07) is 19.3. The highest BCUT2D eigenvalue weighted by molar-refractivity contribution is 5.94. The molecule has 0 atom stereocenters. The number of nitrogens with zero attached hydrogens (tertiary/aromatic N) is 2. The number of carbonyl (C=O) groups is 1. The number of nitrogens with one attached hydrogen (secondary N) is 1. The maximum Gasteiger partial charge on any atom is 0.251 e. The highest BCUT2D eigenvalue weighted by Gasteiger charge is 2.06. The van der Waals surface area contributed by atoms with E-state index in [0.717, 1.165) is 22.4 Å². The van der Waals surface area contributed by atoms with Gasteiger partial charge in [0, 0.05) is 17.2 Å². The van der Waals surface area contributed by atoms with Gasteiger partial charge in [0.1, 0.15) is 6.61 Å². The van der Waals surface area contributed by atoms with Crippen LogP contribution in [0.4, 0.5) is 0 Å². The number of benzene rings is 2. The second-order valence-corrected chi connectivity index (χ2v) is 6.10. The fraction of sp³-hybridized carbons (Fsp3) is 0.190. The minimum absolute atomic E-state index is 0.106. The highest BCUT2D eigenvalue weighted by atomic mass is 16.5. The smallest absolute Gasteiger partial charge is 0.251 e. The van der Waals surface area contributed by atoms with Gasteiger partial charge >= 0.3 is 0 Å². The molecular weight excluding hydrogens is 326 g/mol. The van der Waals surface area contributed by atoms with Crippen molar-refractivity contribution in [1.82, 2.24) is 15.5 Å². The summed E-state index contributed by atoms with van der Waals surface area (Å²) in [4.78, 5) is 12.2. The van der Waals surface area contributed by atoms with E-state index in [1.165, 1.54) is 0 Å². The number of hydrogen-bond donors (Lipinski definition) is 1. The van der Waals surface area contributed by atoms with Crippen LogP contribution in [0.5, 0.6) is 5.88 Å². The molecule has 0 bridgehead atoms. The first-order valence-corrected chi connectivity index (χ1v) is 8.50. The molecule has 1 aromatic heterocycles. The molecule has 2 aromatic carbocycles. The molecule has 0 fully saturated rings. The van der Waals surface area contributed by atoms with Crippen molar-refractivity contribution in [2.45, 2.75) is 13.8 Å². The number of carbonyl (C=O) groups excluding carboxylic acids is 1. The van der Waals surface area contributed by atoms with E-state index in [0.29, 0.717) is 24.6 Å². The van der Waals surface area contributed by atoms with Crippen molar-refractivity contribution in [3.05, 3.63) is 77.4 Å². The Morgan fingerprint density at radius 2 is 1.69 bits per heavy atom. The van der Waals surface area contributed by atoms with Gasteiger partial charge in [-0.05, 0) is 32.0 Å². The van der Waals surface area contributed by atoms with E-state index in [9.17, 15) is 4.79 Å². The number of rotatable bonds is 6. The Morgan fingerprint density at radius 3 is 2.35 bits per heavy atom. The maximum absolute atomic E-state index is 12.2. The molecule has 0 aliphatic carbocycles. The van der Waals surface area contributed by atoms with Crippen LogP contribution < -0.4 is 10.1 Å². The molecule has 0 saturated carbocycles. The van der Waals surface area contributed by atoms with Crippen LogP contribution in [0.2, 0.25) is 0 Å². The van der Waals surface area contributed by atoms with Gasteiger partial charge < -0.3 is 10.1 Å². The average Bonchev–Trinajstić information content (AvgIpc) is 2.65. The predicted molar refractivity (Wildman–Crippen MR) is 101 cm³/mol. The topological polar surface area (TPSA) is 64.1 Å². The van der Waals surface area contributed by atoms with Gasteiger partial charge in [-0.15, -0.1) is 10.2 Å². The van der Waals surface area contributed by atoms with Crippen molar-refractivity contribution in [3.63, 3.8) is 0 Å². The lowest BCUT2D eigenvalue weighted by Gasteiger charge is -2.08. The van der Waals surface area contributed by atoms with Gasteiger partial charge in [-0.25, -0.2) is 0 Å². The summed E-state index contributed by atoms with van der Waals surface area (Å²) in [5, 5.41) is 11.1. The zero-order valence-corrected chi connectivity index (χ0v) is 14.9. The predicted octanol–water partition coefficient (Wildman–Crippen LogP) is 3.57. The maximum atomic E-state index is 12.2. The molecule has 3 rings (SSSR count). The molecule has 132 valence electrons. The Morgan fingerprint density at radius 1 is 0.962 bits per heavy atom. The molecule has 3 aromatic rings. The molecule has 5 nitrogen and oxygen atoms in total. The van der Waals surface area contributed by atoms with Gasteiger partial charge in [0.25, 0.3) is 5.91 Å². The lowest BCUT2D eigenvalue weighted by Crippen LogP contribution is -2.28. The van der Waals surface area contributed by atoms with E-state index in [-0.39, 0.29) is 5.91 Å². The second-order valence-electron chi connectivity index (χ2n) is 6.10. The first-order valence-electron chi connectivity index (χ1n) is 8.50. The largest absolute Gasteiger partial charge is 0.475 e. The zero-order chi connectivity index (χ0) is 18.4. The number of hydrogen-bond acceptors (Lipinski definition) is 4. The first-order chi connectivity index (χ1) is 12.6. The number of aryl methyl sites for hydroxylation is 2. The molecule has 1 heterocycles. The SMILES string of the molecule is Cc1cc(C)cc(C(=O)NCCOc2ccc(-c3ccccc3)nn2)c1. The van der Waals surface area contributed by atoms with Crippen molar-refractivity contribution >= 4 is 5.91 Å². The molecule has 0 unspecified atom stereocenters. The van der Waals surface area contributed by atoms with Gasteiger partial charge in [0.2, 0.25) is 5.88 Å². The molecule has 1 amide bonds. The van der Waals surface area contributed by atoms with E-state index in [4.69, 9.17) is 4.74 Å². The molecule has 5 heteroatoms. The Balaban J connectivity index is 1.48. The zero-order valence-electron chi connectivity index (χ0n) is 14.9. The van der Waals surface area contributed by atoms with Crippen molar-refractivity contribution in [3.8, 4) is 17.1 Å². The van der Waals surface area contributed by atoms with Crippen molar-refractivity contribution in [1.29, 1.82) is 0 Å². The van der Waals surface area contributed by atoms with Gasteiger partial charge in [-0.1, -0.05) is 47.5 Å². The molecule has 1 N–H and O–H groups in total. The Kier molecular flexibility index (Phi) is 5.59. The number of ether oxygens (including phenoxy) is 1. The summed E-state index contributed by atoms with van der Waals surface area (Å²) < 4.78 is 5.54. The lowest BCUT2D eigenvalue weighted by atomic mass is 10.1. The Bertz CT molecular complexity index is 857. The van der Waals surface area contributed by atoms with Gasteiger partial charge in [-0.3, -0.25) is 4.79 Å². The van der Waals surface area contributed by atoms with Crippen molar-refractivity contribution in [2.75, 3.05) is 13.2 Å². The van der Waals surface area contributed by atoms with E-state index in [1.807, 2.05) is 68.4 Å². The van der Waals surface area contributed by atoms with Crippen LogP contribution in [0.1, 0.15) is 21.5 Å². The number of amides is 1. The van der Waals surface area contributed by atoms with E-state index >= 15 is 0 Å².